The monoisotopic (exact) mass is 389 g/mol. The van der Waals surface area contributed by atoms with E-state index in [2.05, 4.69) is 26.0 Å². The van der Waals surface area contributed by atoms with Gasteiger partial charge >= 0.3 is 0 Å². The molecule has 2 aliphatic rings. The smallest absolute Gasteiger partial charge is 0.226 e. The van der Waals surface area contributed by atoms with Gasteiger partial charge < -0.3 is 9.80 Å². The van der Waals surface area contributed by atoms with Gasteiger partial charge in [0.05, 0.1) is 24.7 Å². The van der Waals surface area contributed by atoms with E-state index < -0.39 is 5.67 Å². The van der Waals surface area contributed by atoms with Gasteiger partial charge in [-0.15, -0.1) is 0 Å². The minimum absolute atomic E-state index is 0.0648. The number of para-hydroxylation sites is 1. The Kier molecular flexibility index (Phi) is 4.23. The van der Waals surface area contributed by atoms with Crippen LogP contribution in [-0.4, -0.2) is 46.1 Å². The molecule has 146 valence electrons. The molecule has 0 spiro atoms. The van der Waals surface area contributed by atoms with Gasteiger partial charge in [-0.25, -0.2) is 19.3 Å². The summed E-state index contributed by atoms with van der Waals surface area (Å²) in [6.45, 7) is 1.67. The maximum atomic E-state index is 15.8. The molecular weight excluding hydrogens is 369 g/mol. The summed E-state index contributed by atoms with van der Waals surface area (Å²) in [7, 11) is 0. The Morgan fingerprint density at radius 2 is 1.79 bits per heavy atom. The predicted octanol–water partition coefficient (Wildman–Crippen LogP) is 2.84. The third-order valence-electron chi connectivity index (χ3n) is 5.72. The first kappa shape index (κ1) is 17.7. The summed E-state index contributed by atoms with van der Waals surface area (Å²) in [6, 6.07) is 10.1. The molecule has 7 nitrogen and oxygen atoms in total. The number of benzene rings is 1. The van der Waals surface area contributed by atoms with Crippen molar-refractivity contribution >= 4 is 22.7 Å². The van der Waals surface area contributed by atoms with E-state index in [-0.39, 0.29) is 19.0 Å². The Bertz CT molecular complexity index is 1080. The van der Waals surface area contributed by atoms with Gasteiger partial charge in [-0.2, -0.15) is 5.26 Å². The molecule has 0 saturated carbocycles. The quantitative estimate of drug-likeness (QED) is 0.681. The molecule has 5 rings (SSSR count). The standard InChI is InChI=1S/C21H20FN7/c22-21(13-29(14-21)20-26-12-16-3-1-2-4-17(16)27-20)18-19(25-8-7-24-18)28-9-5-15(11-23)6-10-28/h1-4,7-8,12,15H,5-6,9-10,13-14H2. The Balaban J connectivity index is 1.36. The number of hydrogen-bond donors (Lipinski definition) is 0. The van der Waals surface area contributed by atoms with Crippen LogP contribution in [0.1, 0.15) is 18.5 Å². The molecule has 0 atom stereocenters. The fourth-order valence-corrected chi connectivity index (χ4v) is 4.06. The van der Waals surface area contributed by atoms with Crippen LogP contribution in [0, 0.1) is 17.2 Å². The van der Waals surface area contributed by atoms with Gasteiger partial charge in [0.15, 0.2) is 11.5 Å². The molecule has 2 aromatic heterocycles. The largest absolute Gasteiger partial charge is 0.355 e. The van der Waals surface area contributed by atoms with Gasteiger partial charge in [-0.3, -0.25) is 4.98 Å². The first-order chi connectivity index (χ1) is 14.2. The van der Waals surface area contributed by atoms with Crippen molar-refractivity contribution in [1.29, 1.82) is 5.26 Å². The van der Waals surface area contributed by atoms with Crippen LogP contribution in [0.4, 0.5) is 16.2 Å². The first-order valence-corrected chi connectivity index (χ1v) is 9.78. The molecule has 2 saturated heterocycles. The van der Waals surface area contributed by atoms with Crippen molar-refractivity contribution in [3.63, 3.8) is 0 Å². The van der Waals surface area contributed by atoms with Crippen LogP contribution in [0.3, 0.4) is 0 Å². The van der Waals surface area contributed by atoms with Crippen molar-refractivity contribution < 1.29 is 4.39 Å². The highest BCUT2D eigenvalue weighted by Crippen LogP contribution is 2.41. The third-order valence-corrected chi connectivity index (χ3v) is 5.72. The van der Waals surface area contributed by atoms with E-state index in [9.17, 15) is 0 Å². The molecule has 0 N–H and O–H groups in total. The number of aromatic nitrogens is 4. The second-order valence-electron chi connectivity index (χ2n) is 7.67. The fourth-order valence-electron chi connectivity index (χ4n) is 4.06. The Morgan fingerprint density at radius 1 is 1.03 bits per heavy atom. The number of piperidine rings is 1. The van der Waals surface area contributed by atoms with Crippen LogP contribution >= 0.6 is 0 Å². The van der Waals surface area contributed by atoms with E-state index in [0.717, 1.165) is 23.7 Å². The summed E-state index contributed by atoms with van der Waals surface area (Å²) in [4.78, 5) is 21.6. The van der Waals surface area contributed by atoms with Crippen LogP contribution in [0.5, 0.6) is 0 Å². The van der Waals surface area contributed by atoms with Crippen LogP contribution < -0.4 is 9.80 Å². The van der Waals surface area contributed by atoms with E-state index in [1.165, 1.54) is 6.20 Å². The lowest BCUT2D eigenvalue weighted by molar-refractivity contribution is 0.113. The zero-order valence-corrected chi connectivity index (χ0v) is 15.9. The fraction of sp³-hybridized carbons (Fsp3) is 0.381. The van der Waals surface area contributed by atoms with Crippen molar-refractivity contribution in [3.8, 4) is 6.07 Å². The van der Waals surface area contributed by atoms with Crippen molar-refractivity contribution in [2.24, 2.45) is 5.92 Å². The molecule has 0 radical (unpaired) electrons. The summed E-state index contributed by atoms with van der Waals surface area (Å²) in [5.74, 6) is 1.18. The summed E-state index contributed by atoms with van der Waals surface area (Å²) in [6.07, 6.45) is 6.44. The maximum absolute atomic E-state index is 15.8. The number of anilines is 2. The molecule has 3 aromatic rings. The van der Waals surface area contributed by atoms with Crippen LogP contribution in [0.25, 0.3) is 10.9 Å². The lowest BCUT2D eigenvalue weighted by Gasteiger charge is -2.45. The number of hydrogen-bond acceptors (Lipinski definition) is 7. The molecule has 0 aliphatic carbocycles. The average molecular weight is 389 g/mol. The lowest BCUT2D eigenvalue weighted by atomic mass is 9.91. The number of nitriles is 1. The van der Waals surface area contributed by atoms with Crippen LogP contribution in [-0.2, 0) is 5.67 Å². The molecule has 2 aliphatic heterocycles. The zero-order chi connectivity index (χ0) is 19.8. The highest BCUT2D eigenvalue weighted by Gasteiger charge is 2.50. The van der Waals surface area contributed by atoms with Gasteiger partial charge in [-0.05, 0) is 18.9 Å². The lowest BCUT2D eigenvalue weighted by Crippen LogP contribution is -2.58. The third kappa shape index (κ3) is 3.12. The first-order valence-electron chi connectivity index (χ1n) is 9.78. The number of halogens is 1. The van der Waals surface area contributed by atoms with E-state index in [4.69, 9.17) is 5.26 Å². The van der Waals surface area contributed by atoms with E-state index in [1.54, 1.807) is 12.4 Å². The molecule has 2 fully saturated rings. The second-order valence-corrected chi connectivity index (χ2v) is 7.67. The minimum Gasteiger partial charge on any atom is -0.355 e. The predicted molar refractivity (Wildman–Crippen MR) is 107 cm³/mol. The highest BCUT2D eigenvalue weighted by atomic mass is 19.1. The van der Waals surface area contributed by atoms with Gasteiger partial charge in [0.2, 0.25) is 5.95 Å². The number of rotatable bonds is 3. The van der Waals surface area contributed by atoms with Crippen molar-refractivity contribution in [2.45, 2.75) is 18.5 Å². The number of nitrogens with zero attached hydrogens (tertiary/aromatic N) is 7. The van der Waals surface area contributed by atoms with Gasteiger partial charge in [0, 0.05) is 43.0 Å². The summed E-state index contributed by atoms with van der Waals surface area (Å²) in [5.41, 5.74) is -0.383. The van der Waals surface area contributed by atoms with Crippen molar-refractivity contribution in [2.75, 3.05) is 36.0 Å². The molecule has 1 aromatic carbocycles. The molecule has 4 heterocycles. The van der Waals surface area contributed by atoms with E-state index in [0.29, 0.717) is 30.5 Å². The topological polar surface area (TPSA) is 81.8 Å². The number of alkyl halides is 1. The Morgan fingerprint density at radius 3 is 2.59 bits per heavy atom. The maximum Gasteiger partial charge on any atom is 0.226 e. The van der Waals surface area contributed by atoms with E-state index >= 15 is 4.39 Å². The zero-order valence-electron chi connectivity index (χ0n) is 15.9. The molecule has 0 bridgehead atoms. The van der Waals surface area contributed by atoms with E-state index in [1.807, 2.05) is 34.1 Å². The molecule has 0 amide bonds. The van der Waals surface area contributed by atoms with Gasteiger partial charge in [0.25, 0.3) is 0 Å². The molecule has 29 heavy (non-hydrogen) atoms. The normalized spacial score (nSPS) is 19.0. The molecular formula is C21H20FN7. The summed E-state index contributed by atoms with van der Waals surface area (Å²) in [5, 5.41) is 10.1. The van der Waals surface area contributed by atoms with Crippen molar-refractivity contribution in [3.05, 3.63) is 48.5 Å². The van der Waals surface area contributed by atoms with Crippen molar-refractivity contribution in [1.82, 2.24) is 19.9 Å². The molecule has 0 unspecified atom stereocenters. The number of fused-ring (bicyclic) bond motifs is 1. The SMILES string of the molecule is N#CC1CCN(c2nccnc2C2(F)CN(c3ncc4ccccc4n3)C2)CC1. The highest BCUT2D eigenvalue weighted by molar-refractivity contribution is 5.78. The summed E-state index contributed by atoms with van der Waals surface area (Å²) < 4.78 is 15.8. The average Bonchev–Trinajstić information content (AvgIpc) is 2.76. The molecule has 8 heteroatoms. The minimum atomic E-state index is -1.59. The second kappa shape index (κ2) is 6.92. The Labute approximate surface area is 167 Å². The van der Waals surface area contributed by atoms with Crippen LogP contribution in [0.2, 0.25) is 0 Å². The Hall–Kier alpha value is -3.34. The van der Waals surface area contributed by atoms with Crippen LogP contribution in [0.15, 0.2) is 42.9 Å². The summed E-state index contributed by atoms with van der Waals surface area (Å²) >= 11 is 0. The van der Waals surface area contributed by atoms with Gasteiger partial charge in [0.1, 0.15) is 5.69 Å². The van der Waals surface area contributed by atoms with Gasteiger partial charge in [-0.1, -0.05) is 18.2 Å².